The maximum atomic E-state index is 13.5. The fourth-order valence-corrected chi connectivity index (χ4v) is 2.71. The van der Waals surface area contributed by atoms with Crippen molar-refractivity contribution >= 4 is 28.3 Å². The van der Waals surface area contributed by atoms with Crippen LogP contribution >= 0.6 is 22.6 Å². The van der Waals surface area contributed by atoms with E-state index in [9.17, 15) is 14.5 Å². The number of rotatable bonds is 5. The van der Waals surface area contributed by atoms with E-state index in [-0.39, 0.29) is 15.0 Å². The Bertz CT molecular complexity index is 493. The second-order valence-corrected chi connectivity index (χ2v) is 5.94. The monoisotopic (exact) mass is 394 g/mol. The summed E-state index contributed by atoms with van der Waals surface area (Å²) in [7, 11) is 0. The van der Waals surface area contributed by atoms with Crippen molar-refractivity contribution in [2.75, 3.05) is 13.2 Å². The highest BCUT2D eigenvalue weighted by molar-refractivity contribution is 14.1. The van der Waals surface area contributed by atoms with E-state index in [1.807, 2.05) is 0 Å². The number of hydrogen-bond acceptors (Lipinski definition) is 4. The average molecular weight is 394 g/mol. The van der Waals surface area contributed by atoms with Gasteiger partial charge >= 0.3 is 5.69 Å². The van der Waals surface area contributed by atoms with E-state index in [2.05, 4.69) is 5.32 Å². The van der Waals surface area contributed by atoms with Gasteiger partial charge in [0.15, 0.2) is 5.75 Å². The molecule has 1 atom stereocenters. The predicted octanol–water partition coefficient (Wildman–Crippen LogP) is 3.25. The number of nitro groups is 1. The molecule has 1 unspecified atom stereocenters. The van der Waals surface area contributed by atoms with Crippen molar-refractivity contribution in [3.63, 3.8) is 0 Å². The molecule has 0 spiro atoms. The third-order valence-electron chi connectivity index (χ3n) is 3.33. The Morgan fingerprint density at radius 3 is 2.95 bits per heavy atom. The molecule has 20 heavy (non-hydrogen) atoms. The van der Waals surface area contributed by atoms with Gasteiger partial charge in [-0.25, -0.2) is 4.39 Å². The summed E-state index contributed by atoms with van der Waals surface area (Å²) >= 11 is 1.73. The molecule has 1 aliphatic rings. The van der Waals surface area contributed by atoms with Crippen molar-refractivity contribution in [1.29, 1.82) is 0 Å². The molecule has 1 N–H and O–H groups in total. The molecule has 0 aromatic heterocycles. The van der Waals surface area contributed by atoms with Gasteiger partial charge in [-0.1, -0.05) is 6.42 Å². The Labute approximate surface area is 130 Å². The first-order valence-corrected chi connectivity index (χ1v) is 7.65. The summed E-state index contributed by atoms with van der Waals surface area (Å²) in [6.07, 6.45) is 4.23. The third kappa shape index (κ3) is 4.02. The van der Waals surface area contributed by atoms with Crippen LogP contribution in [-0.4, -0.2) is 24.1 Å². The number of hydrogen-bond donors (Lipinski definition) is 1. The van der Waals surface area contributed by atoms with Gasteiger partial charge in [-0.2, -0.15) is 0 Å². The molecule has 0 saturated carbocycles. The zero-order valence-corrected chi connectivity index (χ0v) is 13.1. The van der Waals surface area contributed by atoms with Crippen molar-refractivity contribution in [2.24, 2.45) is 0 Å². The van der Waals surface area contributed by atoms with E-state index >= 15 is 0 Å². The summed E-state index contributed by atoms with van der Waals surface area (Å²) in [4.78, 5) is 10.4. The van der Waals surface area contributed by atoms with Gasteiger partial charge < -0.3 is 10.1 Å². The van der Waals surface area contributed by atoms with Crippen LogP contribution in [0.5, 0.6) is 5.75 Å². The molecule has 1 aromatic rings. The summed E-state index contributed by atoms with van der Waals surface area (Å²) in [5, 5.41) is 14.3. The van der Waals surface area contributed by atoms with Gasteiger partial charge in [0.2, 0.25) is 0 Å². The molecule has 7 heteroatoms. The number of piperidine rings is 1. The molecule has 2 rings (SSSR count). The van der Waals surface area contributed by atoms with Crippen LogP contribution in [0.1, 0.15) is 25.7 Å². The number of nitrogens with zero attached hydrogens (tertiary/aromatic N) is 1. The highest BCUT2D eigenvalue weighted by Crippen LogP contribution is 2.31. The van der Waals surface area contributed by atoms with E-state index in [0.717, 1.165) is 25.5 Å². The van der Waals surface area contributed by atoms with Gasteiger partial charge in [0.1, 0.15) is 5.82 Å². The van der Waals surface area contributed by atoms with Gasteiger partial charge in [-0.3, -0.25) is 10.1 Å². The van der Waals surface area contributed by atoms with E-state index in [0.29, 0.717) is 12.6 Å². The highest BCUT2D eigenvalue weighted by atomic mass is 127. The molecular formula is C13H16FIN2O3. The minimum Gasteiger partial charge on any atom is -0.487 e. The van der Waals surface area contributed by atoms with Crippen LogP contribution in [0.25, 0.3) is 0 Å². The van der Waals surface area contributed by atoms with Crippen LogP contribution in [0.2, 0.25) is 0 Å². The van der Waals surface area contributed by atoms with Crippen LogP contribution < -0.4 is 10.1 Å². The minimum atomic E-state index is -0.546. The molecular weight excluding hydrogens is 378 g/mol. The van der Waals surface area contributed by atoms with Crippen molar-refractivity contribution in [3.05, 3.63) is 31.6 Å². The summed E-state index contributed by atoms with van der Waals surface area (Å²) in [5.74, 6) is -0.495. The van der Waals surface area contributed by atoms with E-state index < -0.39 is 10.7 Å². The zero-order chi connectivity index (χ0) is 14.5. The first kappa shape index (κ1) is 15.4. The highest BCUT2D eigenvalue weighted by Gasteiger charge is 2.19. The average Bonchev–Trinajstić information content (AvgIpc) is 2.43. The van der Waals surface area contributed by atoms with Crippen molar-refractivity contribution in [1.82, 2.24) is 5.32 Å². The molecule has 0 amide bonds. The fraction of sp³-hybridized carbons (Fsp3) is 0.538. The Kier molecular flexibility index (Phi) is 5.53. The lowest BCUT2D eigenvalue weighted by atomic mass is 10.0. The van der Waals surface area contributed by atoms with Gasteiger partial charge in [0.05, 0.1) is 15.1 Å². The first-order valence-electron chi connectivity index (χ1n) is 6.57. The fourth-order valence-electron chi connectivity index (χ4n) is 2.26. The lowest BCUT2D eigenvalue weighted by molar-refractivity contribution is -0.386. The Morgan fingerprint density at radius 2 is 2.30 bits per heavy atom. The molecule has 1 aromatic carbocycles. The Morgan fingerprint density at radius 1 is 1.50 bits per heavy atom. The van der Waals surface area contributed by atoms with Crippen LogP contribution in [0, 0.1) is 19.5 Å². The van der Waals surface area contributed by atoms with Crippen LogP contribution in [0.15, 0.2) is 12.1 Å². The van der Waals surface area contributed by atoms with Crippen molar-refractivity contribution in [2.45, 2.75) is 31.7 Å². The maximum absolute atomic E-state index is 13.5. The summed E-state index contributed by atoms with van der Waals surface area (Å²) in [5.41, 5.74) is -0.188. The molecule has 1 saturated heterocycles. The zero-order valence-electron chi connectivity index (χ0n) is 10.9. The maximum Gasteiger partial charge on any atom is 0.312 e. The second kappa shape index (κ2) is 7.16. The lowest BCUT2D eigenvalue weighted by Crippen LogP contribution is -2.35. The number of nitrogens with one attached hydrogen (secondary N) is 1. The molecule has 1 fully saturated rings. The molecule has 5 nitrogen and oxygen atoms in total. The topological polar surface area (TPSA) is 64.4 Å². The quantitative estimate of drug-likeness (QED) is 0.473. The van der Waals surface area contributed by atoms with Crippen LogP contribution in [0.3, 0.4) is 0 Å². The molecule has 0 aliphatic carbocycles. The normalized spacial score (nSPS) is 18.8. The number of halogens is 2. The Balaban J connectivity index is 1.97. The van der Waals surface area contributed by atoms with Gasteiger partial charge in [-0.05, 0) is 48.4 Å². The van der Waals surface area contributed by atoms with Crippen LogP contribution in [0.4, 0.5) is 10.1 Å². The largest absolute Gasteiger partial charge is 0.487 e. The van der Waals surface area contributed by atoms with E-state index in [1.165, 1.54) is 18.9 Å². The molecule has 0 radical (unpaired) electrons. The van der Waals surface area contributed by atoms with Gasteiger partial charge in [-0.15, -0.1) is 0 Å². The van der Waals surface area contributed by atoms with Crippen LogP contribution in [-0.2, 0) is 0 Å². The molecule has 0 bridgehead atoms. The molecule has 1 heterocycles. The molecule has 110 valence electrons. The lowest BCUT2D eigenvalue weighted by Gasteiger charge is -2.23. The predicted molar refractivity (Wildman–Crippen MR) is 81.5 cm³/mol. The first-order chi connectivity index (χ1) is 9.58. The van der Waals surface area contributed by atoms with Gasteiger partial charge in [0.25, 0.3) is 0 Å². The third-order valence-corrected chi connectivity index (χ3v) is 4.16. The number of ether oxygens (including phenoxy) is 1. The SMILES string of the molecule is O=[N+]([O-])c1cc(I)c(F)cc1OCCC1CCCCN1. The number of nitro benzene ring substituents is 1. The number of benzene rings is 1. The van der Waals surface area contributed by atoms with Crippen molar-refractivity contribution in [3.8, 4) is 5.75 Å². The summed E-state index contributed by atoms with van der Waals surface area (Å²) < 4.78 is 19.1. The van der Waals surface area contributed by atoms with Gasteiger partial charge in [0, 0.05) is 18.2 Å². The van der Waals surface area contributed by atoms with E-state index in [1.54, 1.807) is 22.6 Å². The van der Waals surface area contributed by atoms with E-state index in [4.69, 9.17) is 4.74 Å². The molecule has 1 aliphatic heterocycles. The summed E-state index contributed by atoms with van der Waals surface area (Å²) in [6.45, 7) is 1.35. The smallest absolute Gasteiger partial charge is 0.312 e. The summed E-state index contributed by atoms with van der Waals surface area (Å²) in [6, 6.07) is 2.68. The minimum absolute atomic E-state index is 0.00345. The second-order valence-electron chi connectivity index (χ2n) is 4.78. The Hall–Kier alpha value is -0.960. The standard InChI is InChI=1S/C13H16FIN2O3/c14-10-7-13(12(17(18)19)8-11(10)15)20-6-4-9-3-1-2-5-16-9/h7-9,16H,1-6H2. The van der Waals surface area contributed by atoms with Crippen molar-refractivity contribution < 1.29 is 14.1 Å².